The van der Waals surface area contributed by atoms with Crippen molar-refractivity contribution in [2.45, 2.75) is 18.4 Å². The Hall–Kier alpha value is -1.62. The van der Waals surface area contributed by atoms with Gasteiger partial charge in [0.05, 0.1) is 4.90 Å². The highest BCUT2D eigenvalue weighted by Crippen LogP contribution is 2.13. The zero-order valence-corrected chi connectivity index (χ0v) is 9.66. The highest BCUT2D eigenvalue weighted by molar-refractivity contribution is 7.94. The Morgan fingerprint density at radius 1 is 1.38 bits per heavy atom. The summed E-state index contributed by atoms with van der Waals surface area (Å²) in [6.45, 7) is 4.69. The molecule has 1 aromatic rings. The first-order valence-corrected chi connectivity index (χ1v) is 6.10. The van der Waals surface area contributed by atoms with E-state index in [9.17, 15) is 13.2 Å². The smallest absolute Gasteiger partial charge is 0.302 e. The van der Waals surface area contributed by atoms with E-state index < -0.39 is 9.84 Å². The Morgan fingerprint density at radius 2 is 1.94 bits per heavy atom. The third-order valence-corrected chi connectivity index (χ3v) is 3.28. The summed E-state index contributed by atoms with van der Waals surface area (Å²) in [5.74, 6) is -0.372. The molecular formula is C11H12O4S. The molecule has 0 bridgehead atoms. The summed E-state index contributed by atoms with van der Waals surface area (Å²) in [6.07, 6.45) is 0. The molecule has 0 N–H and O–H groups in total. The van der Waals surface area contributed by atoms with E-state index in [0.29, 0.717) is 0 Å². The van der Waals surface area contributed by atoms with Gasteiger partial charge >= 0.3 is 5.97 Å². The van der Waals surface area contributed by atoms with E-state index in [1.54, 1.807) is 12.1 Å². The van der Waals surface area contributed by atoms with Crippen LogP contribution in [-0.4, -0.2) is 14.4 Å². The molecule has 0 unspecified atom stereocenters. The summed E-state index contributed by atoms with van der Waals surface area (Å²) >= 11 is 0. The zero-order valence-electron chi connectivity index (χ0n) is 8.84. The first-order valence-electron chi connectivity index (χ1n) is 4.55. The molecule has 86 valence electrons. The predicted octanol–water partition coefficient (Wildman–Crippen LogP) is 1.67. The highest BCUT2D eigenvalue weighted by atomic mass is 32.2. The van der Waals surface area contributed by atoms with E-state index in [2.05, 4.69) is 6.58 Å². The Bertz CT molecular complexity index is 485. The molecule has 5 heteroatoms. The van der Waals surface area contributed by atoms with E-state index in [1.165, 1.54) is 19.1 Å². The summed E-state index contributed by atoms with van der Waals surface area (Å²) in [5, 5.41) is 0.897. The van der Waals surface area contributed by atoms with E-state index >= 15 is 0 Å². The van der Waals surface area contributed by atoms with Crippen molar-refractivity contribution in [2.75, 3.05) is 0 Å². The van der Waals surface area contributed by atoms with Crippen LogP contribution in [0, 0.1) is 0 Å². The molecule has 0 saturated heterocycles. The van der Waals surface area contributed by atoms with Gasteiger partial charge in [-0.15, -0.1) is 0 Å². The van der Waals surface area contributed by atoms with Gasteiger partial charge in [-0.25, -0.2) is 8.42 Å². The van der Waals surface area contributed by atoms with Gasteiger partial charge in [0.25, 0.3) is 0 Å². The van der Waals surface area contributed by atoms with Gasteiger partial charge in [0.1, 0.15) is 6.61 Å². The Kier molecular flexibility index (Phi) is 3.84. The van der Waals surface area contributed by atoms with E-state index in [4.69, 9.17) is 4.74 Å². The number of hydrogen-bond acceptors (Lipinski definition) is 4. The predicted molar refractivity (Wildman–Crippen MR) is 59.3 cm³/mol. The summed E-state index contributed by atoms with van der Waals surface area (Å²) < 4.78 is 27.5. The van der Waals surface area contributed by atoms with Crippen LogP contribution in [0.5, 0.6) is 0 Å². The minimum Gasteiger partial charge on any atom is -0.461 e. The molecule has 0 atom stereocenters. The van der Waals surface area contributed by atoms with E-state index in [0.717, 1.165) is 11.0 Å². The average Bonchev–Trinajstić information content (AvgIpc) is 2.27. The maximum Gasteiger partial charge on any atom is 0.302 e. The Morgan fingerprint density at radius 3 is 2.38 bits per heavy atom. The third kappa shape index (κ3) is 3.20. The van der Waals surface area contributed by atoms with Crippen molar-refractivity contribution in [1.82, 2.24) is 0 Å². The molecule has 0 aromatic heterocycles. The van der Waals surface area contributed by atoms with Crippen molar-refractivity contribution >= 4 is 15.8 Å². The molecule has 0 saturated carbocycles. The molecule has 0 radical (unpaired) electrons. The van der Waals surface area contributed by atoms with Gasteiger partial charge in [-0.05, 0) is 17.7 Å². The van der Waals surface area contributed by atoms with E-state index in [-0.39, 0.29) is 17.5 Å². The normalized spacial score (nSPS) is 10.8. The van der Waals surface area contributed by atoms with Gasteiger partial charge in [-0.3, -0.25) is 4.79 Å². The van der Waals surface area contributed by atoms with Crippen molar-refractivity contribution in [1.29, 1.82) is 0 Å². The lowest BCUT2D eigenvalue weighted by atomic mass is 10.2. The van der Waals surface area contributed by atoms with Gasteiger partial charge in [-0.1, -0.05) is 18.7 Å². The summed E-state index contributed by atoms with van der Waals surface area (Å²) in [5.41, 5.74) is 0.734. The molecule has 0 aliphatic carbocycles. The highest BCUT2D eigenvalue weighted by Gasteiger charge is 2.08. The largest absolute Gasteiger partial charge is 0.461 e. The van der Waals surface area contributed by atoms with E-state index in [1.807, 2.05) is 0 Å². The topological polar surface area (TPSA) is 60.4 Å². The van der Waals surface area contributed by atoms with Gasteiger partial charge in [0.2, 0.25) is 0 Å². The quantitative estimate of drug-likeness (QED) is 0.751. The molecule has 0 spiro atoms. The monoisotopic (exact) mass is 240 g/mol. The second kappa shape index (κ2) is 4.94. The standard InChI is InChI=1S/C11H12O4S/c1-3-16(13,14)11-6-4-10(5-7-11)8-15-9(2)12/h3-7H,1,8H2,2H3. The molecule has 0 aliphatic rings. The number of esters is 1. The Labute approximate surface area is 94.5 Å². The first kappa shape index (κ1) is 12.4. The molecule has 1 rings (SSSR count). The number of carbonyl (C=O) groups is 1. The van der Waals surface area contributed by atoms with Crippen LogP contribution in [0.2, 0.25) is 0 Å². The first-order chi connectivity index (χ1) is 7.45. The fraction of sp³-hybridized carbons (Fsp3) is 0.182. The number of carbonyl (C=O) groups excluding carboxylic acids is 1. The lowest BCUT2D eigenvalue weighted by molar-refractivity contribution is -0.142. The van der Waals surface area contributed by atoms with Crippen LogP contribution >= 0.6 is 0 Å². The summed E-state index contributed by atoms with van der Waals surface area (Å²) in [7, 11) is -3.39. The van der Waals surface area contributed by atoms with Crippen molar-refractivity contribution in [3.8, 4) is 0 Å². The molecule has 0 aliphatic heterocycles. The SMILES string of the molecule is C=CS(=O)(=O)c1ccc(COC(C)=O)cc1. The fourth-order valence-corrected chi connectivity index (χ4v) is 1.76. The number of benzene rings is 1. The van der Waals surface area contributed by atoms with Crippen molar-refractivity contribution < 1.29 is 17.9 Å². The number of ether oxygens (including phenoxy) is 1. The second-order valence-electron chi connectivity index (χ2n) is 3.14. The lowest BCUT2D eigenvalue weighted by Crippen LogP contribution is -2.00. The minimum absolute atomic E-state index is 0.143. The molecule has 16 heavy (non-hydrogen) atoms. The van der Waals surface area contributed by atoms with Gasteiger partial charge in [-0.2, -0.15) is 0 Å². The average molecular weight is 240 g/mol. The number of rotatable bonds is 4. The van der Waals surface area contributed by atoms with Crippen LogP contribution in [0.4, 0.5) is 0 Å². The van der Waals surface area contributed by atoms with Crippen molar-refractivity contribution in [3.63, 3.8) is 0 Å². The van der Waals surface area contributed by atoms with Crippen molar-refractivity contribution in [3.05, 3.63) is 41.8 Å². The van der Waals surface area contributed by atoms with Crippen LogP contribution in [-0.2, 0) is 26.0 Å². The molecule has 4 nitrogen and oxygen atoms in total. The molecular weight excluding hydrogens is 228 g/mol. The Balaban J connectivity index is 2.84. The van der Waals surface area contributed by atoms with Gasteiger partial charge < -0.3 is 4.74 Å². The summed E-state index contributed by atoms with van der Waals surface area (Å²) in [6, 6.07) is 6.10. The maximum atomic E-state index is 11.4. The molecule has 1 aromatic carbocycles. The molecule has 0 heterocycles. The van der Waals surface area contributed by atoms with Gasteiger partial charge in [0.15, 0.2) is 9.84 Å². The van der Waals surface area contributed by atoms with Crippen LogP contribution in [0.3, 0.4) is 0 Å². The number of hydrogen-bond donors (Lipinski definition) is 0. The lowest BCUT2D eigenvalue weighted by Gasteiger charge is -2.03. The van der Waals surface area contributed by atoms with Crippen LogP contribution < -0.4 is 0 Å². The van der Waals surface area contributed by atoms with Crippen LogP contribution in [0.25, 0.3) is 0 Å². The third-order valence-electron chi connectivity index (χ3n) is 1.91. The van der Waals surface area contributed by atoms with Crippen LogP contribution in [0.15, 0.2) is 41.1 Å². The summed E-state index contributed by atoms with van der Waals surface area (Å²) in [4.78, 5) is 10.7. The zero-order chi connectivity index (χ0) is 12.2. The second-order valence-corrected chi connectivity index (χ2v) is 5.03. The van der Waals surface area contributed by atoms with Gasteiger partial charge in [0, 0.05) is 12.3 Å². The number of sulfone groups is 1. The fourth-order valence-electron chi connectivity index (χ4n) is 1.06. The molecule has 0 amide bonds. The molecule has 0 fully saturated rings. The maximum absolute atomic E-state index is 11.4. The van der Waals surface area contributed by atoms with Crippen LogP contribution in [0.1, 0.15) is 12.5 Å². The minimum atomic E-state index is -3.39. The van der Waals surface area contributed by atoms with Crippen molar-refractivity contribution in [2.24, 2.45) is 0 Å².